The molecule has 1 heterocycles. The second-order valence-corrected chi connectivity index (χ2v) is 8.21. The van der Waals surface area contributed by atoms with Gasteiger partial charge in [0, 0.05) is 38.0 Å². The van der Waals surface area contributed by atoms with Crippen LogP contribution in [0.15, 0.2) is 65.8 Å². The van der Waals surface area contributed by atoms with E-state index < -0.39 is 6.04 Å². The lowest BCUT2D eigenvalue weighted by Crippen LogP contribution is -2.24. The van der Waals surface area contributed by atoms with Crippen molar-refractivity contribution in [3.8, 4) is 0 Å². The first-order valence-electron chi connectivity index (χ1n) is 8.75. The van der Waals surface area contributed by atoms with Crippen molar-refractivity contribution >= 4 is 57.5 Å². The molecule has 0 bridgehead atoms. The van der Waals surface area contributed by atoms with Crippen molar-refractivity contribution < 1.29 is 4.79 Å². The van der Waals surface area contributed by atoms with Crippen LogP contribution in [0.3, 0.4) is 0 Å². The predicted molar refractivity (Wildman–Crippen MR) is 122 cm³/mol. The largest absolute Gasteiger partial charge is 0.324 e. The molecule has 1 aliphatic heterocycles. The van der Waals surface area contributed by atoms with Crippen LogP contribution in [0.5, 0.6) is 0 Å². The van der Waals surface area contributed by atoms with Gasteiger partial charge in [0.1, 0.15) is 11.1 Å². The predicted octanol–water partition coefficient (Wildman–Crippen LogP) is 5.43. The fraction of sp³-hybridized carbons (Fsp3) is 0.143. The maximum absolute atomic E-state index is 12.4. The molecule has 0 radical (unpaired) electrons. The number of amides is 1. The van der Waals surface area contributed by atoms with Gasteiger partial charge in [-0.2, -0.15) is 5.10 Å². The minimum absolute atomic E-state index is 0.0715. The molecule has 0 aromatic heterocycles. The third-order valence-electron chi connectivity index (χ3n) is 4.74. The van der Waals surface area contributed by atoms with Crippen LogP contribution in [0, 0.1) is 0 Å². The highest BCUT2D eigenvalue weighted by molar-refractivity contribution is 14.2. The number of nitrogens with zero attached hydrogens (tertiary/aromatic N) is 1. The first-order valence-corrected chi connectivity index (χ1v) is 12.1. The van der Waals surface area contributed by atoms with Crippen LogP contribution in [-0.2, 0) is 11.2 Å². The quantitative estimate of drug-likeness (QED) is 0.223. The molecular weight excluding hydrogens is 469 g/mol. The minimum Gasteiger partial charge on any atom is -0.324 e. The maximum atomic E-state index is 12.4. The van der Waals surface area contributed by atoms with E-state index in [1.807, 2.05) is 30.3 Å². The fourth-order valence-electron chi connectivity index (χ4n) is 3.31. The van der Waals surface area contributed by atoms with Gasteiger partial charge in [0.05, 0.1) is 0 Å². The SMILES string of the molecule is CCc1ccc2c(c1)C(N/N=C(\SI)c1cccc3ccccc13)C(=O)N2. The Morgan fingerprint density at radius 1 is 1.19 bits per heavy atom. The van der Waals surface area contributed by atoms with Gasteiger partial charge in [0.15, 0.2) is 0 Å². The maximum Gasteiger partial charge on any atom is 0.253 e. The third kappa shape index (κ3) is 3.55. The van der Waals surface area contributed by atoms with Crippen molar-refractivity contribution in [1.82, 2.24) is 5.43 Å². The molecule has 27 heavy (non-hydrogen) atoms. The summed E-state index contributed by atoms with van der Waals surface area (Å²) in [7, 11) is 1.54. The van der Waals surface area contributed by atoms with Gasteiger partial charge >= 0.3 is 0 Å². The summed E-state index contributed by atoms with van der Waals surface area (Å²) in [6, 6.07) is 20.1. The lowest BCUT2D eigenvalue weighted by atomic mass is 10.0. The summed E-state index contributed by atoms with van der Waals surface area (Å²) in [5, 5.41) is 10.7. The summed E-state index contributed by atoms with van der Waals surface area (Å²) < 4.78 is 0. The Labute approximate surface area is 174 Å². The Hall–Kier alpha value is -2.06. The molecule has 0 aliphatic carbocycles. The number of hydrogen-bond acceptors (Lipinski definition) is 4. The van der Waals surface area contributed by atoms with Gasteiger partial charge in [0.2, 0.25) is 0 Å². The van der Waals surface area contributed by atoms with Gasteiger partial charge in [-0.1, -0.05) is 61.5 Å². The molecule has 3 aromatic rings. The number of hydrogen-bond donors (Lipinski definition) is 2. The molecule has 0 spiro atoms. The highest BCUT2D eigenvalue weighted by atomic mass is 127. The lowest BCUT2D eigenvalue weighted by Gasteiger charge is -2.12. The summed E-state index contributed by atoms with van der Waals surface area (Å²) in [6.07, 6.45) is 0.933. The van der Waals surface area contributed by atoms with E-state index in [0.717, 1.165) is 33.7 Å². The highest BCUT2D eigenvalue weighted by Gasteiger charge is 2.30. The molecule has 4 nitrogen and oxygen atoms in total. The number of benzene rings is 3. The van der Waals surface area contributed by atoms with E-state index in [0.29, 0.717) is 0 Å². The minimum atomic E-state index is -0.472. The molecule has 6 heteroatoms. The van der Waals surface area contributed by atoms with Crippen LogP contribution in [0.2, 0.25) is 0 Å². The van der Waals surface area contributed by atoms with Gasteiger partial charge in [-0.15, -0.1) is 0 Å². The van der Waals surface area contributed by atoms with E-state index in [9.17, 15) is 4.79 Å². The zero-order chi connectivity index (χ0) is 18.8. The molecule has 1 unspecified atom stereocenters. The van der Waals surface area contributed by atoms with Crippen LogP contribution in [0.1, 0.15) is 29.7 Å². The van der Waals surface area contributed by atoms with Crippen molar-refractivity contribution in [2.24, 2.45) is 5.10 Å². The van der Waals surface area contributed by atoms with Gasteiger partial charge in [-0.3, -0.25) is 10.2 Å². The van der Waals surface area contributed by atoms with Crippen LogP contribution in [0.4, 0.5) is 5.69 Å². The average molecular weight is 487 g/mol. The van der Waals surface area contributed by atoms with E-state index in [-0.39, 0.29) is 5.91 Å². The summed E-state index contributed by atoms with van der Waals surface area (Å²) in [4.78, 5) is 12.4. The lowest BCUT2D eigenvalue weighted by molar-refractivity contribution is -0.117. The summed E-state index contributed by atoms with van der Waals surface area (Å²) in [5.74, 6) is -0.0715. The van der Waals surface area contributed by atoms with E-state index in [2.05, 4.69) is 74.3 Å². The molecule has 0 saturated carbocycles. The normalized spacial score (nSPS) is 16.3. The zero-order valence-electron chi connectivity index (χ0n) is 14.7. The number of hydrazone groups is 1. The fourth-order valence-corrected chi connectivity index (χ4v) is 4.67. The number of fused-ring (bicyclic) bond motifs is 2. The van der Waals surface area contributed by atoms with E-state index >= 15 is 0 Å². The third-order valence-corrected chi connectivity index (χ3v) is 6.45. The van der Waals surface area contributed by atoms with Crippen molar-refractivity contribution in [2.75, 3.05) is 5.32 Å². The second kappa shape index (κ2) is 7.90. The number of rotatable bonds is 4. The Bertz CT molecular complexity index is 1050. The Kier molecular flexibility index (Phi) is 5.36. The molecule has 0 saturated heterocycles. The molecule has 2 N–H and O–H groups in total. The molecule has 0 fully saturated rings. The molecule has 136 valence electrons. The smallest absolute Gasteiger partial charge is 0.253 e. The Morgan fingerprint density at radius 3 is 2.81 bits per heavy atom. The Morgan fingerprint density at radius 2 is 2.00 bits per heavy atom. The number of anilines is 1. The number of carbonyl (C=O) groups is 1. The van der Waals surface area contributed by atoms with Gasteiger partial charge in [-0.05, 0) is 37.8 Å². The zero-order valence-corrected chi connectivity index (χ0v) is 17.7. The molecule has 3 aromatic carbocycles. The number of halogens is 1. The monoisotopic (exact) mass is 487 g/mol. The summed E-state index contributed by atoms with van der Waals surface area (Å²) in [6.45, 7) is 2.11. The van der Waals surface area contributed by atoms with Crippen molar-refractivity contribution in [3.05, 3.63) is 77.4 Å². The molecule has 1 amide bonds. The van der Waals surface area contributed by atoms with Crippen LogP contribution < -0.4 is 10.7 Å². The van der Waals surface area contributed by atoms with Crippen molar-refractivity contribution in [3.63, 3.8) is 0 Å². The first kappa shape index (κ1) is 18.3. The molecule has 1 aliphatic rings. The van der Waals surface area contributed by atoms with Gasteiger partial charge in [0.25, 0.3) is 5.91 Å². The van der Waals surface area contributed by atoms with Gasteiger partial charge in [-0.25, -0.2) is 0 Å². The number of carbonyl (C=O) groups excluding carboxylic acids is 1. The number of nitrogens with one attached hydrogen (secondary N) is 2. The Balaban J connectivity index is 1.68. The highest BCUT2D eigenvalue weighted by Crippen LogP contribution is 2.32. The van der Waals surface area contributed by atoms with E-state index in [1.165, 1.54) is 19.9 Å². The molecule has 1 atom stereocenters. The van der Waals surface area contributed by atoms with E-state index in [4.69, 9.17) is 0 Å². The van der Waals surface area contributed by atoms with Gasteiger partial charge < -0.3 is 5.32 Å². The van der Waals surface area contributed by atoms with Crippen LogP contribution in [0.25, 0.3) is 10.8 Å². The molecule has 4 rings (SSSR count). The van der Waals surface area contributed by atoms with E-state index in [1.54, 1.807) is 0 Å². The van der Waals surface area contributed by atoms with Crippen LogP contribution in [-0.4, -0.2) is 11.0 Å². The second-order valence-electron chi connectivity index (χ2n) is 6.35. The average Bonchev–Trinajstić information content (AvgIpc) is 3.03. The summed E-state index contributed by atoms with van der Waals surface area (Å²) in [5.41, 5.74) is 7.18. The number of aryl methyl sites for hydroxylation is 1. The standard InChI is InChI=1S/C21H18IN3OS/c1-2-13-10-11-18-17(12-13)19(20(26)23-18)24-25-21(27-22)16-9-5-7-14-6-3-4-8-15(14)16/h3-12,19,24H,2H2,1H3,(H,23,26)/b25-21-. The van der Waals surface area contributed by atoms with Crippen molar-refractivity contribution in [1.29, 1.82) is 0 Å². The molecular formula is C21H18IN3OS. The van der Waals surface area contributed by atoms with Crippen LogP contribution >= 0.6 is 30.1 Å². The first-order chi connectivity index (χ1) is 13.2. The summed E-state index contributed by atoms with van der Waals surface area (Å²) >= 11 is 2.23. The topological polar surface area (TPSA) is 53.5 Å². The van der Waals surface area contributed by atoms with Crippen molar-refractivity contribution in [2.45, 2.75) is 19.4 Å².